The monoisotopic (exact) mass is 298 g/mol. The van der Waals surface area contributed by atoms with Crippen LogP contribution in [0.5, 0.6) is 11.5 Å². The molecule has 0 aliphatic carbocycles. The Labute approximate surface area is 121 Å². The lowest BCUT2D eigenvalue weighted by Crippen LogP contribution is -2.00. The fraction of sp³-hybridized carbons (Fsp3) is 0.286. The van der Waals surface area contributed by atoms with Crippen LogP contribution in [0.25, 0.3) is 0 Å². The molecule has 0 radical (unpaired) electrons. The Kier molecular flexibility index (Phi) is 4.69. The third-order valence-corrected chi connectivity index (χ3v) is 4.13. The van der Waals surface area contributed by atoms with Crippen LogP contribution < -0.4 is 9.47 Å². The molecular formula is C14H15ClO3S. The van der Waals surface area contributed by atoms with E-state index in [0.717, 1.165) is 10.4 Å². The number of aliphatic hydroxyl groups excluding tert-OH is 1. The van der Waals surface area contributed by atoms with Crippen LogP contribution in [0.15, 0.2) is 30.3 Å². The summed E-state index contributed by atoms with van der Waals surface area (Å²) in [5.41, 5.74) is 0.981. The fourth-order valence-corrected chi connectivity index (χ4v) is 2.89. The first-order valence-electron chi connectivity index (χ1n) is 5.78. The second-order valence-corrected chi connectivity index (χ2v) is 5.80. The molecule has 1 heterocycles. The van der Waals surface area contributed by atoms with Gasteiger partial charge in [-0.3, -0.25) is 0 Å². The molecule has 1 N–H and O–H groups in total. The molecule has 102 valence electrons. The Balaban J connectivity index is 2.14. The predicted molar refractivity (Wildman–Crippen MR) is 77.5 cm³/mol. The van der Waals surface area contributed by atoms with Crippen LogP contribution in [0.3, 0.4) is 0 Å². The maximum absolute atomic E-state index is 10.2. The summed E-state index contributed by atoms with van der Waals surface area (Å²) < 4.78 is 11.1. The van der Waals surface area contributed by atoms with Crippen LogP contribution in [0.2, 0.25) is 4.34 Å². The van der Waals surface area contributed by atoms with Gasteiger partial charge >= 0.3 is 0 Å². The second kappa shape index (κ2) is 6.28. The molecule has 0 amide bonds. The highest BCUT2D eigenvalue weighted by molar-refractivity contribution is 7.16. The van der Waals surface area contributed by atoms with Crippen LogP contribution in [0, 0.1) is 0 Å². The molecule has 3 nitrogen and oxygen atoms in total. The number of methoxy groups -OCH3 is 2. The van der Waals surface area contributed by atoms with Gasteiger partial charge in [0, 0.05) is 11.3 Å². The van der Waals surface area contributed by atoms with Gasteiger partial charge in [0.2, 0.25) is 0 Å². The minimum Gasteiger partial charge on any atom is -0.493 e. The Morgan fingerprint density at radius 3 is 2.47 bits per heavy atom. The summed E-state index contributed by atoms with van der Waals surface area (Å²) in [6.45, 7) is 0. The fourth-order valence-electron chi connectivity index (χ4n) is 1.84. The Morgan fingerprint density at radius 2 is 1.89 bits per heavy atom. The lowest BCUT2D eigenvalue weighted by atomic mass is 10.1. The van der Waals surface area contributed by atoms with Crippen molar-refractivity contribution in [1.82, 2.24) is 0 Å². The highest BCUT2D eigenvalue weighted by atomic mass is 35.5. The Morgan fingerprint density at radius 1 is 1.16 bits per heavy atom. The van der Waals surface area contributed by atoms with Gasteiger partial charge in [0.1, 0.15) is 0 Å². The molecule has 2 rings (SSSR count). The molecule has 1 aromatic heterocycles. The number of benzene rings is 1. The number of hydrogen-bond acceptors (Lipinski definition) is 4. The lowest BCUT2D eigenvalue weighted by Gasteiger charge is -2.12. The first-order valence-corrected chi connectivity index (χ1v) is 6.97. The van der Waals surface area contributed by atoms with Crippen molar-refractivity contribution in [3.05, 3.63) is 45.1 Å². The van der Waals surface area contributed by atoms with Crippen LogP contribution >= 0.6 is 22.9 Å². The molecular weight excluding hydrogens is 284 g/mol. The average molecular weight is 299 g/mol. The summed E-state index contributed by atoms with van der Waals surface area (Å²) in [6.07, 6.45) is -0.0485. The summed E-state index contributed by atoms with van der Waals surface area (Å²) in [7, 11) is 3.19. The number of hydrogen-bond donors (Lipinski definition) is 1. The van der Waals surface area contributed by atoms with Gasteiger partial charge in [-0.15, -0.1) is 11.3 Å². The average Bonchev–Trinajstić information content (AvgIpc) is 2.85. The summed E-state index contributed by atoms with van der Waals surface area (Å²) in [4.78, 5) is 0.861. The number of aliphatic hydroxyl groups is 1. The molecule has 0 saturated heterocycles. The van der Waals surface area contributed by atoms with E-state index in [2.05, 4.69) is 0 Å². The zero-order valence-electron chi connectivity index (χ0n) is 10.7. The highest BCUT2D eigenvalue weighted by Gasteiger charge is 2.13. The third-order valence-electron chi connectivity index (χ3n) is 2.80. The van der Waals surface area contributed by atoms with Crippen molar-refractivity contribution in [2.75, 3.05) is 14.2 Å². The van der Waals surface area contributed by atoms with E-state index in [-0.39, 0.29) is 0 Å². The zero-order chi connectivity index (χ0) is 13.8. The quantitative estimate of drug-likeness (QED) is 0.915. The van der Waals surface area contributed by atoms with E-state index in [1.165, 1.54) is 11.3 Å². The number of thiophene rings is 1. The lowest BCUT2D eigenvalue weighted by molar-refractivity contribution is 0.182. The zero-order valence-corrected chi connectivity index (χ0v) is 12.3. The largest absolute Gasteiger partial charge is 0.493 e. The summed E-state index contributed by atoms with van der Waals surface area (Å²) >= 11 is 7.26. The van der Waals surface area contributed by atoms with Crippen molar-refractivity contribution in [3.63, 3.8) is 0 Å². The minimum atomic E-state index is -0.560. The van der Waals surface area contributed by atoms with Crippen LogP contribution in [-0.4, -0.2) is 19.3 Å². The summed E-state index contributed by atoms with van der Waals surface area (Å²) in [5, 5.41) is 10.2. The molecule has 1 atom stereocenters. The highest BCUT2D eigenvalue weighted by Crippen LogP contribution is 2.32. The third kappa shape index (κ3) is 3.41. The van der Waals surface area contributed by atoms with E-state index < -0.39 is 6.10 Å². The van der Waals surface area contributed by atoms with Gasteiger partial charge < -0.3 is 14.6 Å². The van der Waals surface area contributed by atoms with Crippen molar-refractivity contribution < 1.29 is 14.6 Å². The molecule has 0 bridgehead atoms. The summed E-state index contributed by atoms with van der Waals surface area (Å²) in [6, 6.07) is 9.26. The van der Waals surface area contributed by atoms with Crippen molar-refractivity contribution >= 4 is 22.9 Å². The SMILES string of the molecule is COc1ccc(CC(O)c2ccc(Cl)s2)cc1OC. The summed E-state index contributed by atoms with van der Waals surface area (Å²) in [5.74, 6) is 1.34. The van der Waals surface area contributed by atoms with Gasteiger partial charge in [-0.05, 0) is 29.8 Å². The van der Waals surface area contributed by atoms with E-state index >= 15 is 0 Å². The molecule has 19 heavy (non-hydrogen) atoms. The van der Waals surface area contributed by atoms with E-state index in [1.54, 1.807) is 20.3 Å². The van der Waals surface area contributed by atoms with Crippen molar-refractivity contribution in [3.8, 4) is 11.5 Å². The molecule has 2 aromatic rings. The molecule has 0 aliphatic rings. The van der Waals surface area contributed by atoms with Gasteiger partial charge in [-0.25, -0.2) is 0 Å². The Hall–Kier alpha value is -1.23. The topological polar surface area (TPSA) is 38.7 Å². The standard InChI is InChI=1S/C14H15ClO3S/c1-17-11-4-3-9(8-12(11)18-2)7-10(16)13-5-6-14(15)19-13/h3-6,8,10,16H,7H2,1-2H3. The van der Waals surface area contributed by atoms with Crippen molar-refractivity contribution in [2.45, 2.75) is 12.5 Å². The molecule has 0 aliphatic heterocycles. The van der Waals surface area contributed by atoms with Crippen LogP contribution in [-0.2, 0) is 6.42 Å². The van der Waals surface area contributed by atoms with Crippen molar-refractivity contribution in [2.24, 2.45) is 0 Å². The van der Waals surface area contributed by atoms with Crippen LogP contribution in [0.1, 0.15) is 16.5 Å². The van der Waals surface area contributed by atoms with E-state index in [9.17, 15) is 5.11 Å². The minimum absolute atomic E-state index is 0.511. The van der Waals surface area contributed by atoms with Crippen LogP contribution in [0.4, 0.5) is 0 Å². The number of halogens is 1. The smallest absolute Gasteiger partial charge is 0.160 e. The van der Waals surface area contributed by atoms with E-state index in [4.69, 9.17) is 21.1 Å². The molecule has 0 spiro atoms. The second-order valence-electron chi connectivity index (χ2n) is 4.05. The maximum atomic E-state index is 10.2. The van der Waals surface area contributed by atoms with Gasteiger partial charge in [0.05, 0.1) is 24.7 Å². The first-order chi connectivity index (χ1) is 9.13. The first kappa shape index (κ1) is 14.2. The van der Waals surface area contributed by atoms with E-state index in [0.29, 0.717) is 22.3 Å². The predicted octanol–water partition coefficient (Wildman–Crippen LogP) is 3.69. The van der Waals surface area contributed by atoms with Gasteiger partial charge in [0.25, 0.3) is 0 Å². The molecule has 1 unspecified atom stereocenters. The number of ether oxygens (including phenoxy) is 2. The molecule has 5 heteroatoms. The maximum Gasteiger partial charge on any atom is 0.160 e. The van der Waals surface area contributed by atoms with E-state index in [1.807, 2.05) is 24.3 Å². The normalized spacial score (nSPS) is 12.2. The molecule has 0 saturated carbocycles. The Bertz CT molecular complexity index is 553. The van der Waals surface area contributed by atoms with Gasteiger partial charge in [-0.2, -0.15) is 0 Å². The van der Waals surface area contributed by atoms with Gasteiger partial charge in [0.15, 0.2) is 11.5 Å². The number of rotatable bonds is 5. The van der Waals surface area contributed by atoms with Crippen molar-refractivity contribution in [1.29, 1.82) is 0 Å². The van der Waals surface area contributed by atoms with Gasteiger partial charge in [-0.1, -0.05) is 17.7 Å². The molecule has 1 aromatic carbocycles. The molecule has 0 fully saturated rings.